The Morgan fingerprint density at radius 3 is 2.32 bits per heavy atom. The van der Waals surface area contributed by atoms with Gasteiger partial charge in [-0.2, -0.15) is 0 Å². The Labute approximate surface area is 196 Å². The number of aryl methyl sites for hydroxylation is 1. The van der Waals surface area contributed by atoms with Gasteiger partial charge in [0.25, 0.3) is 0 Å². The Morgan fingerprint density at radius 1 is 1.00 bits per heavy atom. The lowest BCUT2D eigenvalue weighted by Crippen LogP contribution is -2.16. The summed E-state index contributed by atoms with van der Waals surface area (Å²) >= 11 is 0. The van der Waals surface area contributed by atoms with E-state index in [1.54, 1.807) is 24.3 Å². The van der Waals surface area contributed by atoms with Gasteiger partial charge >= 0.3 is 5.97 Å². The molecule has 34 heavy (non-hydrogen) atoms. The summed E-state index contributed by atoms with van der Waals surface area (Å²) in [5, 5.41) is 15.7. The predicted octanol–water partition coefficient (Wildman–Crippen LogP) is 5.96. The number of nitrogens with one attached hydrogen (secondary N) is 2. The third-order valence-electron chi connectivity index (χ3n) is 6.30. The van der Waals surface area contributed by atoms with Crippen molar-refractivity contribution in [2.24, 2.45) is 0 Å². The molecule has 2 heterocycles. The average molecular weight is 452 g/mol. The minimum atomic E-state index is -0.990. The maximum absolute atomic E-state index is 13.4. The second-order valence-electron chi connectivity index (χ2n) is 8.72. The summed E-state index contributed by atoms with van der Waals surface area (Å²) in [7, 11) is 0. The number of para-hydroxylation sites is 1. The molecule has 0 fully saturated rings. The Balaban J connectivity index is 1.68. The van der Waals surface area contributed by atoms with Gasteiger partial charge in [-0.15, -0.1) is 0 Å². The number of carboxylic acid groups (broad SMARTS) is 1. The highest BCUT2D eigenvalue weighted by molar-refractivity contribution is 5.94. The van der Waals surface area contributed by atoms with Crippen LogP contribution in [0.5, 0.6) is 0 Å². The fourth-order valence-corrected chi connectivity index (χ4v) is 4.57. The lowest BCUT2D eigenvalue weighted by atomic mass is 9.98. The van der Waals surface area contributed by atoms with Crippen LogP contribution in [0.25, 0.3) is 27.5 Å². The van der Waals surface area contributed by atoms with Gasteiger partial charge in [0.15, 0.2) is 5.43 Å². The average Bonchev–Trinajstić information content (AvgIpc) is 3.25. The summed E-state index contributed by atoms with van der Waals surface area (Å²) in [4.78, 5) is 28.6. The normalized spacial score (nSPS) is 12.2. The molecule has 1 atom stereocenters. The van der Waals surface area contributed by atoms with Gasteiger partial charge in [0, 0.05) is 29.0 Å². The van der Waals surface area contributed by atoms with Gasteiger partial charge in [-0.25, -0.2) is 4.79 Å². The number of hydrogen-bond acceptors (Lipinski definition) is 3. The number of aromatic carboxylic acids is 1. The topological polar surface area (TPSA) is 87.1 Å². The molecule has 0 aliphatic carbocycles. The first-order valence-corrected chi connectivity index (χ1v) is 11.2. The number of benzene rings is 3. The summed E-state index contributed by atoms with van der Waals surface area (Å²) in [5.74, 6) is -0.271. The van der Waals surface area contributed by atoms with E-state index < -0.39 is 5.97 Å². The van der Waals surface area contributed by atoms with Crippen LogP contribution in [-0.2, 0) is 0 Å². The molecule has 0 saturated carbocycles. The molecule has 0 spiro atoms. The summed E-state index contributed by atoms with van der Waals surface area (Å²) < 4.78 is 1.96. The van der Waals surface area contributed by atoms with Gasteiger partial charge in [0.1, 0.15) is 5.82 Å². The highest BCUT2D eigenvalue weighted by Crippen LogP contribution is 2.29. The molecule has 3 aromatic carbocycles. The van der Waals surface area contributed by atoms with E-state index in [0.717, 1.165) is 33.2 Å². The van der Waals surface area contributed by atoms with Crippen molar-refractivity contribution in [1.82, 2.24) is 9.55 Å². The zero-order valence-corrected chi connectivity index (χ0v) is 19.2. The summed E-state index contributed by atoms with van der Waals surface area (Å²) in [6, 6.07) is 18.6. The smallest absolute Gasteiger partial charge is 0.337 e. The van der Waals surface area contributed by atoms with Crippen molar-refractivity contribution in [3.63, 3.8) is 0 Å². The number of rotatable bonds is 5. The number of carboxylic acids is 1. The van der Waals surface area contributed by atoms with E-state index in [0.29, 0.717) is 16.6 Å². The number of hydrogen-bond donors (Lipinski definition) is 3. The molecule has 0 aliphatic heterocycles. The Bertz CT molecular complexity index is 1590. The number of aromatic amines is 1. The molecule has 0 saturated heterocycles. The van der Waals surface area contributed by atoms with Gasteiger partial charge in [-0.05, 0) is 60.9 Å². The van der Waals surface area contributed by atoms with E-state index in [1.807, 2.05) is 74.1 Å². The van der Waals surface area contributed by atoms with E-state index in [1.165, 1.54) is 0 Å². The van der Waals surface area contributed by atoms with Crippen LogP contribution in [0.1, 0.15) is 40.0 Å². The monoisotopic (exact) mass is 451 g/mol. The van der Waals surface area contributed by atoms with E-state index >= 15 is 0 Å². The SMILES string of the molecule is Cc1cc(C(C)Nc2ccccc2C(=O)O)c2[nH]c(-n3cc4ccccc4c3)c(C)c(=O)c2c1. The van der Waals surface area contributed by atoms with Gasteiger partial charge in [-0.3, -0.25) is 4.79 Å². The van der Waals surface area contributed by atoms with Crippen molar-refractivity contribution >= 4 is 33.3 Å². The number of pyridine rings is 1. The lowest BCUT2D eigenvalue weighted by molar-refractivity contribution is 0.0698. The van der Waals surface area contributed by atoms with Crippen LogP contribution in [0.15, 0.2) is 77.9 Å². The summed E-state index contributed by atoms with van der Waals surface area (Å²) in [5.41, 5.74) is 3.95. The number of carbonyl (C=O) groups is 1. The Hall–Kier alpha value is -4.32. The van der Waals surface area contributed by atoms with E-state index in [9.17, 15) is 14.7 Å². The van der Waals surface area contributed by atoms with Crippen LogP contribution in [0.3, 0.4) is 0 Å². The number of anilines is 1. The first kappa shape index (κ1) is 21.5. The molecule has 1 unspecified atom stereocenters. The van der Waals surface area contributed by atoms with Crippen molar-refractivity contribution in [2.45, 2.75) is 26.8 Å². The van der Waals surface area contributed by atoms with Crippen molar-refractivity contribution in [3.05, 3.63) is 106 Å². The predicted molar refractivity (Wildman–Crippen MR) is 136 cm³/mol. The highest BCUT2D eigenvalue weighted by atomic mass is 16.4. The van der Waals surface area contributed by atoms with Gasteiger partial charge in [0.2, 0.25) is 0 Å². The van der Waals surface area contributed by atoms with Gasteiger partial charge in [-0.1, -0.05) is 42.5 Å². The molecule has 5 aromatic rings. The van der Waals surface area contributed by atoms with Crippen molar-refractivity contribution in [2.75, 3.05) is 5.32 Å². The molecule has 6 heteroatoms. The van der Waals surface area contributed by atoms with Crippen LogP contribution in [-0.4, -0.2) is 20.6 Å². The molecule has 0 amide bonds. The Morgan fingerprint density at radius 2 is 1.65 bits per heavy atom. The Kier molecular flexibility index (Phi) is 5.21. The van der Waals surface area contributed by atoms with Gasteiger partial charge < -0.3 is 20.0 Å². The molecule has 0 bridgehead atoms. The molecule has 3 N–H and O–H groups in total. The van der Waals surface area contributed by atoms with Crippen LogP contribution < -0.4 is 10.7 Å². The molecule has 5 rings (SSSR count). The fourth-order valence-electron chi connectivity index (χ4n) is 4.57. The third kappa shape index (κ3) is 3.63. The number of H-pyrrole nitrogens is 1. The van der Waals surface area contributed by atoms with E-state index in [2.05, 4.69) is 10.3 Å². The summed E-state index contributed by atoms with van der Waals surface area (Å²) in [6.07, 6.45) is 4.02. The van der Waals surface area contributed by atoms with Crippen LogP contribution in [0.2, 0.25) is 0 Å². The second-order valence-corrected chi connectivity index (χ2v) is 8.72. The standard InChI is InChI=1S/C28H25N3O3/c1-16-12-22(18(3)29-24-11-7-6-10-21(24)28(33)34)25-23(13-16)26(32)17(2)27(30-25)31-14-19-8-4-5-9-20(19)15-31/h4-15,18,29H,1-3H3,(H,30,32)(H,33,34). The third-order valence-corrected chi connectivity index (χ3v) is 6.30. The first-order chi connectivity index (χ1) is 16.3. The van der Waals surface area contributed by atoms with Crippen molar-refractivity contribution in [3.8, 4) is 5.82 Å². The minimum Gasteiger partial charge on any atom is -0.478 e. The molecule has 0 aliphatic rings. The largest absolute Gasteiger partial charge is 0.478 e. The first-order valence-electron chi connectivity index (χ1n) is 11.2. The van der Waals surface area contributed by atoms with E-state index in [-0.39, 0.29) is 17.0 Å². The zero-order chi connectivity index (χ0) is 24.0. The highest BCUT2D eigenvalue weighted by Gasteiger charge is 2.18. The molecule has 2 aromatic heterocycles. The molecule has 170 valence electrons. The maximum Gasteiger partial charge on any atom is 0.337 e. The second kappa shape index (κ2) is 8.23. The maximum atomic E-state index is 13.4. The van der Waals surface area contributed by atoms with Crippen LogP contribution in [0, 0.1) is 13.8 Å². The summed E-state index contributed by atoms with van der Waals surface area (Å²) in [6.45, 7) is 5.77. The van der Waals surface area contributed by atoms with Crippen LogP contribution >= 0.6 is 0 Å². The fraction of sp³-hybridized carbons (Fsp3) is 0.143. The minimum absolute atomic E-state index is 0.0235. The number of fused-ring (bicyclic) bond motifs is 2. The van der Waals surface area contributed by atoms with Gasteiger partial charge in [0.05, 0.1) is 17.1 Å². The quantitative estimate of drug-likeness (QED) is 0.308. The molecular formula is C28H25N3O3. The molecule has 6 nitrogen and oxygen atoms in total. The number of aromatic nitrogens is 2. The van der Waals surface area contributed by atoms with Crippen molar-refractivity contribution in [1.29, 1.82) is 0 Å². The lowest BCUT2D eigenvalue weighted by Gasteiger charge is -2.21. The molecule has 0 radical (unpaired) electrons. The zero-order valence-electron chi connectivity index (χ0n) is 19.2. The number of nitrogens with zero attached hydrogens (tertiary/aromatic N) is 1. The molecular weight excluding hydrogens is 426 g/mol. The van der Waals surface area contributed by atoms with Crippen molar-refractivity contribution < 1.29 is 9.90 Å². The van der Waals surface area contributed by atoms with Crippen LogP contribution in [0.4, 0.5) is 5.69 Å². The van der Waals surface area contributed by atoms with E-state index in [4.69, 9.17) is 0 Å².